The number of rotatable bonds is 4. The maximum Gasteiger partial charge on any atom is 0.303 e. The van der Waals surface area contributed by atoms with Gasteiger partial charge in [-0.25, -0.2) is 4.39 Å². The third kappa shape index (κ3) is 4.25. The zero-order chi connectivity index (χ0) is 9.68. The van der Waals surface area contributed by atoms with Crippen LogP contribution in [0.15, 0.2) is 0 Å². The van der Waals surface area contributed by atoms with Crippen molar-refractivity contribution in [3.05, 3.63) is 0 Å². The van der Waals surface area contributed by atoms with Gasteiger partial charge in [-0.1, -0.05) is 12.8 Å². The van der Waals surface area contributed by atoms with Crippen molar-refractivity contribution in [3.63, 3.8) is 0 Å². The molecule has 0 radical (unpaired) electrons. The second-order valence-electron chi connectivity index (χ2n) is 3.92. The number of aliphatic carboxylic acids is 1. The summed E-state index contributed by atoms with van der Waals surface area (Å²) >= 11 is 0. The van der Waals surface area contributed by atoms with Gasteiger partial charge in [0.05, 0.1) is 0 Å². The van der Waals surface area contributed by atoms with Crippen LogP contribution in [0.25, 0.3) is 0 Å². The lowest BCUT2D eigenvalue weighted by Gasteiger charge is -2.24. The highest BCUT2D eigenvalue weighted by molar-refractivity contribution is 5.66. The van der Waals surface area contributed by atoms with Gasteiger partial charge >= 0.3 is 5.97 Å². The van der Waals surface area contributed by atoms with Crippen LogP contribution >= 0.6 is 0 Å². The van der Waals surface area contributed by atoms with E-state index in [9.17, 15) is 9.18 Å². The van der Waals surface area contributed by atoms with E-state index in [1.54, 1.807) is 0 Å². The number of halogens is 1. The maximum atomic E-state index is 12.9. The molecular formula is C10H17FO2. The molecule has 13 heavy (non-hydrogen) atoms. The smallest absolute Gasteiger partial charge is 0.303 e. The van der Waals surface area contributed by atoms with Gasteiger partial charge in [0.1, 0.15) is 6.17 Å². The molecule has 0 saturated heterocycles. The maximum absolute atomic E-state index is 12.9. The summed E-state index contributed by atoms with van der Waals surface area (Å²) in [4.78, 5) is 10.2. The molecule has 1 aliphatic carbocycles. The summed E-state index contributed by atoms with van der Waals surface area (Å²) in [5.41, 5.74) is 0. The zero-order valence-corrected chi connectivity index (χ0v) is 7.84. The number of carboxylic acids is 1. The normalized spacial score (nSPS) is 28.7. The third-order valence-corrected chi connectivity index (χ3v) is 2.72. The van der Waals surface area contributed by atoms with Crippen LogP contribution in [0.2, 0.25) is 0 Å². The first-order valence-electron chi connectivity index (χ1n) is 5.04. The minimum Gasteiger partial charge on any atom is -0.481 e. The molecule has 0 amide bonds. The van der Waals surface area contributed by atoms with Crippen molar-refractivity contribution in [1.29, 1.82) is 0 Å². The van der Waals surface area contributed by atoms with Crippen LogP contribution in [-0.2, 0) is 4.79 Å². The highest BCUT2D eigenvalue weighted by Crippen LogP contribution is 2.29. The first-order valence-corrected chi connectivity index (χ1v) is 5.04. The Hall–Kier alpha value is -0.600. The first kappa shape index (κ1) is 10.5. The highest BCUT2D eigenvalue weighted by Gasteiger charge is 2.20. The largest absolute Gasteiger partial charge is 0.481 e. The van der Waals surface area contributed by atoms with Crippen molar-refractivity contribution in [3.8, 4) is 0 Å². The molecular weight excluding hydrogens is 171 g/mol. The number of hydrogen-bond acceptors (Lipinski definition) is 1. The average molecular weight is 188 g/mol. The highest BCUT2D eigenvalue weighted by atomic mass is 19.1. The Morgan fingerprint density at radius 3 is 2.85 bits per heavy atom. The molecule has 0 aliphatic heterocycles. The molecule has 0 aromatic rings. The summed E-state index contributed by atoms with van der Waals surface area (Å²) in [6, 6.07) is 0. The molecule has 2 nitrogen and oxygen atoms in total. The van der Waals surface area contributed by atoms with Gasteiger partial charge in [0.25, 0.3) is 0 Å². The van der Waals surface area contributed by atoms with E-state index in [1.807, 2.05) is 0 Å². The fourth-order valence-electron chi connectivity index (χ4n) is 2.03. The molecule has 0 aromatic heterocycles. The number of carbonyl (C=O) groups is 1. The second kappa shape index (κ2) is 5.20. The Bertz CT molecular complexity index is 170. The summed E-state index contributed by atoms with van der Waals surface area (Å²) in [7, 11) is 0. The van der Waals surface area contributed by atoms with Crippen LogP contribution in [0.5, 0.6) is 0 Å². The van der Waals surface area contributed by atoms with Gasteiger partial charge in [0.2, 0.25) is 0 Å². The van der Waals surface area contributed by atoms with Crippen molar-refractivity contribution in [2.24, 2.45) is 5.92 Å². The standard InChI is InChI=1S/C10H17FO2/c11-9-5-1-3-8(7-9)4-2-6-10(12)13/h8-9H,1-7H2,(H,12,13). The van der Waals surface area contributed by atoms with Crippen molar-refractivity contribution >= 4 is 5.97 Å². The summed E-state index contributed by atoms with van der Waals surface area (Å²) in [6.45, 7) is 0. The Balaban J connectivity index is 2.10. The second-order valence-corrected chi connectivity index (χ2v) is 3.92. The summed E-state index contributed by atoms with van der Waals surface area (Å²) in [5, 5.41) is 8.42. The van der Waals surface area contributed by atoms with Crippen LogP contribution in [0.4, 0.5) is 4.39 Å². The molecule has 2 unspecified atom stereocenters. The van der Waals surface area contributed by atoms with E-state index in [1.165, 1.54) is 0 Å². The van der Waals surface area contributed by atoms with Crippen LogP contribution < -0.4 is 0 Å². The van der Waals surface area contributed by atoms with Gasteiger partial charge in [-0.3, -0.25) is 4.79 Å². The van der Waals surface area contributed by atoms with E-state index in [-0.39, 0.29) is 6.42 Å². The number of carboxylic acid groups (broad SMARTS) is 1. The van der Waals surface area contributed by atoms with Gasteiger partial charge in [-0.15, -0.1) is 0 Å². The van der Waals surface area contributed by atoms with E-state index >= 15 is 0 Å². The molecule has 1 N–H and O–H groups in total. The van der Waals surface area contributed by atoms with Crippen LogP contribution in [0.3, 0.4) is 0 Å². The van der Waals surface area contributed by atoms with Gasteiger partial charge in [0, 0.05) is 6.42 Å². The predicted octanol–water partition coefficient (Wildman–Crippen LogP) is 2.77. The predicted molar refractivity (Wildman–Crippen MR) is 48.3 cm³/mol. The SMILES string of the molecule is O=C(O)CCCC1CCCC(F)C1. The Morgan fingerprint density at radius 2 is 2.23 bits per heavy atom. The van der Waals surface area contributed by atoms with Crippen LogP contribution in [0, 0.1) is 5.92 Å². The minimum atomic E-state index is -0.743. The quantitative estimate of drug-likeness (QED) is 0.736. The van der Waals surface area contributed by atoms with Crippen LogP contribution in [0.1, 0.15) is 44.9 Å². The van der Waals surface area contributed by atoms with Crippen molar-refractivity contribution in [2.45, 2.75) is 51.1 Å². The fourth-order valence-corrected chi connectivity index (χ4v) is 2.03. The Morgan fingerprint density at radius 1 is 1.46 bits per heavy atom. The topological polar surface area (TPSA) is 37.3 Å². The van der Waals surface area contributed by atoms with Crippen LogP contribution in [-0.4, -0.2) is 17.2 Å². The average Bonchev–Trinajstić information content (AvgIpc) is 2.03. The molecule has 1 fully saturated rings. The molecule has 3 heteroatoms. The molecule has 2 atom stereocenters. The molecule has 0 spiro atoms. The molecule has 1 aliphatic rings. The van der Waals surface area contributed by atoms with E-state index in [2.05, 4.69) is 0 Å². The van der Waals surface area contributed by atoms with Crippen molar-refractivity contribution in [1.82, 2.24) is 0 Å². The summed E-state index contributed by atoms with van der Waals surface area (Å²) in [5.74, 6) is -0.310. The molecule has 1 saturated carbocycles. The van der Waals surface area contributed by atoms with E-state index in [4.69, 9.17) is 5.11 Å². The number of alkyl halides is 1. The lowest BCUT2D eigenvalue weighted by Crippen LogP contribution is -2.16. The van der Waals surface area contributed by atoms with Crippen molar-refractivity contribution in [2.75, 3.05) is 0 Å². The van der Waals surface area contributed by atoms with Gasteiger partial charge in [-0.05, 0) is 31.6 Å². The Kier molecular flexibility index (Phi) is 4.19. The Labute approximate surface area is 78.1 Å². The molecule has 1 rings (SSSR count). The first-order chi connectivity index (χ1) is 6.18. The lowest BCUT2D eigenvalue weighted by atomic mass is 9.85. The zero-order valence-electron chi connectivity index (χ0n) is 7.84. The van der Waals surface area contributed by atoms with Crippen molar-refractivity contribution < 1.29 is 14.3 Å². The molecule has 0 heterocycles. The van der Waals surface area contributed by atoms with E-state index < -0.39 is 12.1 Å². The van der Waals surface area contributed by atoms with Gasteiger partial charge in [-0.2, -0.15) is 0 Å². The van der Waals surface area contributed by atoms with E-state index in [0.29, 0.717) is 25.2 Å². The molecule has 0 aromatic carbocycles. The summed E-state index contributed by atoms with van der Waals surface area (Å²) in [6.07, 6.45) is 4.59. The summed E-state index contributed by atoms with van der Waals surface area (Å²) < 4.78 is 12.9. The van der Waals surface area contributed by atoms with E-state index in [0.717, 1.165) is 19.3 Å². The monoisotopic (exact) mass is 188 g/mol. The molecule has 76 valence electrons. The minimum absolute atomic E-state index is 0.230. The lowest BCUT2D eigenvalue weighted by molar-refractivity contribution is -0.137. The van der Waals surface area contributed by atoms with Gasteiger partial charge < -0.3 is 5.11 Å². The molecule has 0 bridgehead atoms. The van der Waals surface area contributed by atoms with Gasteiger partial charge in [0.15, 0.2) is 0 Å². The third-order valence-electron chi connectivity index (χ3n) is 2.72. The number of hydrogen-bond donors (Lipinski definition) is 1. The fraction of sp³-hybridized carbons (Fsp3) is 0.900.